The number of benzene rings is 1. The van der Waals surface area contributed by atoms with Gasteiger partial charge in [0.2, 0.25) is 0 Å². The molecule has 0 saturated carbocycles. The van der Waals surface area contributed by atoms with Crippen LogP contribution in [0.5, 0.6) is 0 Å². The van der Waals surface area contributed by atoms with Crippen molar-refractivity contribution in [2.24, 2.45) is 16.8 Å². The maximum atomic E-state index is 12.1. The fourth-order valence-corrected chi connectivity index (χ4v) is 3.15. The zero-order chi connectivity index (χ0) is 23.0. The van der Waals surface area contributed by atoms with Crippen LogP contribution in [0.25, 0.3) is 0 Å². The predicted molar refractivity (Wildman–Crippen MR) is 115 cm³/mol. The molecular weight excluding hydrogens is 424 g/mol. The lowest BCUT2D eigenvalue weighted by molar-refractivity contribution is -0.123. The van der Waals surface area contributed by atoms with Gasteiger partial charge < -0.3 is 5.73 Å². The molecule has 31 heavy (non-hydrogen) atoms. The van der Waals surface area contributed by atoms with Crippen LogP contribution in [0.4, 0.5) is 5.82 Å². The summed E-state index contributed by atoms with van der Waals surface area (Å²) in [5, 5.41) is 3.88. The molecule has 0 radical (unpaired) electrons. The van der Waals surface area contributed by atoms with Crippen molar-refractivity contribution in [2.45, 2.75) is 31.2 Å². The minimum Gasteiger partial charge on any atom is -0.320 e. The zero-order valence-corrected chi connectivity index (χ0v) is 17.8. The number of carbonyl (C=O) groups is 2. The van der Waals surface area contributed by atoms with E-state index in [0.29, 0.717) is 6.42 Å². The number of nitrogens with two attached hydrogens (primary N) is 1. The minimum absolute atomic E-state index is 0.180. The van der Waals surface area contributed by atoms with Crippen LogP contribution in [0.15, 0.2) is 52.6 Å². The summed E-state index contributed by atoms with van der Waals surface area (Å²) >= 11 is 0. The molecule has 2 rings (SSSR count). The predicted octanol–water partition coefficient (Wildman–Crippen LogP) is 0.909. The van der Waals surface area contributed by atoms with Gasteiger partial charge in [-0.15, -0.1) is 0 Å². The van der Waals surface area contributed by atoms with Gasteiger partial charge in [-0.1, -0.05) is 32.0 Å². The molecule has 1 heterocycles. The number of amides is 2. The lowest BCUT2D eigenvalue weighted by atomic mass is 10.0. The second kappa shape index (κ2) is 10.6. The number of nitrogens with zero attached hydrogens (tertiary/aromatic N) is 2. The summed E-state index contributed by atoms with van der Waals surface area (Å²) in [6.07, 6.45) is 2.96. The third-order valence-electron chi connectivity index (χ3n) is 3.97. The third kappa shape index (κ3) is 7.44. The fraction of sp³-hybridized carbons (Fsp3) is 0.263. The number of pyridine rings is 1. The first-order valence-corrected chi connectivity index (χ1v) is 10.7. The maximum absolute atomic E-state index is 12.1. The largest absolute Gasteiger partial charge is 0.320 e. The van der Waals surface area contributed by atoms with Crippen molar-refractivity contribution in [3.8, 4) is 0 Å². The van der Waals surface area contributed by atoms with Crippen LogP contribution in [0.1, 0.15) is 36.2 Å². The standard InChI is InChI=1S/C19H24N6O5S/c1-12(2)9-15(20)19(27)25-24-18(26)14-7-8-17(21-10-14)23-22-11-13-5-3-4-6-16(13)31(28,29)30/h3-8,10-12,15H,9,20H2,1-2H3,(H,21,23)(H,24,26)(H,25,27)(H,28,29,30)/b22-11-/t15-/m0/s1. The molecule has 166 valence electrons. The van der Waals surface area contributed by atoms with Crippen LogP contribution in [0, 0.1) is 5.92 Å². The van der Waals surface area contributed by atoms with Crippen LogP contribution in [-0.2, 0) is 14.9 Å². The Morgan fingerprint density at radius 2 is 1.90 bits per heavy atom. The lowest BCUT2D eigenvalue weighted by Crippen LogP contribution is -2.49. The molecule has 11 nitrogen and oxygen atoms in total. The van der Waals surface area contributed by atoms with E-state index in [1.54, 1.807) is 6.07 Å². The van der Waals surface area contributed by atoms with Gasteiger partial charge in [0.25, 0.3) is 21.9 Å². The molecule has 1 aromatic heterocycles. The van der Waals surface area contributed by atoms with Crippen molar-refractivity contribution in [1.29, 1.82) is 0 Å². The Bertz CT molecular complexity index is 1050. The number of hydrazone groups is 1. The zero-order valence-electron chi connectivity index (χ0n) is 16.9. The lowest BCUT2D eigenvalue weighted by Gasteiger charge is -2.14. The molecule has 1 aromatic carbocycles. The molecule has 0 saturated heterocycles. The Morgan fingerprint density at radius 3 is 2.52 bits per heavy atom. The molecule has 6 N–H and O–H groups in total. The molecule has 1 atom stereocenters. The molecule has 0 aliphatic heterocycles. The van der Waals surface area contributed by atoms with Gasteiger partial charge in [-0.05, 0) is 30.5 Å². The second-order valence-electron chi connectivity index (χ2n) is 6.99. The molecule has 0 spiro atoms. The van der Waals surface area contributed by atoms with Crippen molar-refractivity contribution in [1.82, 2.24) is 15.8 Å². The van der Waals surface area contributed by atoms with E-state index in [9.17, 15) is 22.6 Å². The first kappa shape index (κ1) is 23.9. The van der Waals surface area contributed by atoms with E-state index >= 15 is 0 Å². The number of aromatic nitrogens is 1. The Labute approximate surface area is 179 Å². The molecule has 0 aliphatic carbocycles. The molecule has 0 fully saturated rings. The van der Waals surface area contributed by atoms with Crippen molar-refractivity contribution < 1.29 is 22.6 Å². The van der Waals surface area contributed by atoms with E-state index in [1.807, 2.05) is 13.8 Å². The van der Waals surface area contributed by atoms with Crippen molar-refractivity contribution in [3.05, 3.63) is 53.7 Å². The number of carbonyl (C=O) groups excluding carboxylic acids is 2. The van der Waals surface area contributed by atoms with E-state index < -0.39 is 28.0 Å². The minimum atomic E-state index is -4.38. The van der Waals surface area contributed by atoms with Crippen molar-refractivity contribution in [3.63, 3.8) is 0 Å². The van der Waals surface area contributed by atoms with E-state index in [2.05, 4.69) is 26.4 Å². The normalized spacial score (nSPS) is 12.5. The Morgan fingerprint density at radius 1 is 1.19 bits per heavy atom. The van der Waals surface area contributed by atoms with Gasteiger partial charge in [-0.2, -0.15) is 13.5 Å². The Balaban J connectivity index is 1.93. The third-order valence-corrected chi connectivity index (χ3v) is 4.89. The van der Waals surface area contributed by atoms with E-state index in [4.69, 9.17) is 5.73 Å². The number of hydrogen-bond acceptors (Lipinski definition) is 8. The van der Waals surface area contributed by atoms with Crippen molar-refractivity contribution in [2.75, 3.05) is 5.43 Å². The molecule has 2 aromatic rings. The quantitative estimate of drug-likeness (QED) is 0.225. The van der Waals surface area contributed by atoms with Gasteiger partial charge in [0, 0.05) is 11.8 Å². The fourth-order valence-electron chi connectivity index (χ4n) is 2.48. The summed E-state index contributed by atoms with van der Waals surface area (Å²) in [6, 6.07) is 7.97. The first-order chi connectivity index (χ1) is 14.6. The van der Waals surface area contributed by atoms with Crippen LogP contribution in [-0.4, -0.2) is 42.0 Å². The summed E-state index contributed by atoms with van der Waals surface area (Å²) in [6.45, 7) is 3.87. The summed E-state index contributed by atoms with van der Waals surface area (Å²) in [5.41, 5.74) is 13.2. The average molecular weight is 449 g/mol. The molecule has 2 amide bonds. The SMILES string of the molecule is CC(C)C[C@H](N)C(=O)NNC(=O)c1ccc(N/N=C\c2ccccc2S(=O)(=O)O)nc1. The average Bonchev–Trinajstić information content (AvgIpc) is 2.71. The van der Waals surface area contributed by atoms with E-state index in [0.717, 1.165) is 0 Å². The Hall–Kier alpha value is -3.35. The van der Waals surface area contributed by atoms with Gasteiger partial charge in [-0.25, -0.2) is 4.98 Å². The highest BCUT2D eigenvalue weighted by atomic mass is 32.2. The van der Waals surface area contributed by atoms with Crippen LogP contribution in [0.3, 0.4) is 0 Å². The van der Waals surface area contributed by atoms with Crippen LogP contribution >= 0.6 is 0 Å². The summed E-state index contributed by atoms with van der Waals surface area (Å²) < 4.78 is 31.9. The Kier molecular flexibility index (Phi) is 8.19. The molecule has 0 bridgehead atoms. The number of anilines is 1. The van der Waals surface area contributed by atoms with Gasteiger partial charge in [0.05, 0.1) is 17.8 Å². The van der Waals surface area contributed by atoms with Crippen LogP contribution in [0.2, 0.25) is 0 Å². The number of nitrogens with one attached hydrogen (secondary N) is 3. The number of hydrogen-bond donors (Lipinski definition) is 5. The summed E-state index contributed by atoms with van der Waals surface area (Å²) in [7, 11) is -4.38. The number of rotatable bonds is 8. The maximum Gasteiger partial charge on any atom is 0.295 e. The van der Waals surface area contributed by atoms with Gasteiger partial charge in [-0.3, -0.25) is 30.4 Å². The highest BCUT2D eigenvalue weighted by molar-refractivity contribution is 7.86. The van der Waals surface area contributed by atoms with Gasteiger partial charge in [0.1, 0.15) is 10.7 Å². The smallest absolute Gasteiger partial charge is 0.295 e. The second-order valence-corrected chi connectivity index (χ2v) is 8.38. The number of hydrazine groups is 1. The molecule has 12 heteroatoms. The highest BCUT2D eigenvalue weighted by Gasteiger charge is 2.16. The molecule has 0 aliphatic rings. The van der Waals surface area contributed by atoms with Crippen molar-refractivity contribution >= 4 is 34.0 Å². The molecular formula is C19H24N6O5S. The van der Waals surface area contributed by atoms with E-state index in [-0.39, 0.29) is 27.8 Å². The molecule has 0 unspecified atom stereocenters. The summed E-state index contributed by atoms with van der Waals surface area (Å²) in [4.78, 5) is 27.7. The first-order valence-electron chi connectivity index (χ1n) is 9.25. The highest BCUT2D eigenvalue weighted by Crippen LogP contribution is 2.13. The van der Waals surface area contributed by atoms with Gasteiger partial charge in [0.15, 0.2) is 0 Å². The topological polar surface area (TPSA) is 176 Å². The van der Waals surface area contributed by atoms with Gasteiger partial charge >= 0.3 is 0 Å². The van der Waals surface area contributed by atoms with E-state index in [1.165, 1.54) is 42.7 Å². The monoisotopic (exact) mass is 448 g/mol. The van der Waals surface area contributed by atoms with Crippen LogP contribution < -0.4 is 22.0 Å². The summed E-state index contributed by atoms with van der Waals surface area (Å²) in [5.74, 6) is -0.549.